The summed E-state index contributed by atoms with van der Waals surface area (Å²) in [4.78, 5) is 0. The van der Waals surface area contributed by atoms with Crippen LogP contribution in [0, 0.1) is 11.7 Å². The third-order valence-corrected chi connectivity index (χ3v) is 4.39. The van der Waals surface area contributed by atoms with E-state index in [0.717, 1.165) is 30.7 Å². The van der Waals surface area contributed by atoms with Crippen molar-refractivity contribution in [3.63, 3.8) is 0 Å². The Morgan fingerprint density at radius 1 is 1.50 bits per heavy atom. The predicted octanol–water partition coefficient (Wildman–Crippen LogP) is 4.32. The van der Waals surface area contributed by atoms with Crippen LogP contribution in [0.15, 0.2) is 18.2 Å². The Kier molecular flexibility index (Phi) is 4.29. The van der Waals surface area contributed by atoms with Crippen molar-refractivity contribution in [2.75, 3.05) is 0 Å². The highest BCUT2D eigenvalue weighted by Crippen LogP contribution is 2.35. The maximum Gasteiger partial charge on any atom is 0.141 e. The van der Waals surface area contributed by atoms with Gasteiger partial charge >= 0.3 is 0 Å². The van der Waals surface area contributed by atoms with Crippen LogP contribution in [0.3, 0.4) is 0 Å². The van der Waals surface area contributed by atoms with Gasteiger partial charge in [-0.1, -0.05) is 43.9 Å². The molecule has 1 aromatic rings. The molecule has 0 spiro atoms. The van der Waals surface area contributed by atoms with Gasteiger partial charge in [0.15, 0.2) is 0 Å². The molecule has 2 unspecified atom stereocenters. The largest absolute Gasteiger partial charge is 0.325 e. The molecule has 1 aliphatic rings. The predicted molar refractivity (Wildman–Crippen MR) is 74.3 cm³/mol. The molecular formula is C15H21ClFN. The van der Waals surface area contributed by atoms with E-state index in [1.54, 1.807) is 12.1 Å². The summed E-state index contributed by atoms with van der Waals surface area (Å²) in [6, 6.07) is 4.94. The normalized spacial score (nSPS) is 28.3. The van der Waals surface area contributed by atoms with Gasteiger partial charge in [-0.3, -0.25) is 0 Å². The zero-order valence-corrected chi connectivity index (χ0v) is 11.6. The van der Waals surface area contributed by atoms with Crippen LogP contribution in [0.4, 0.5) is 4.39 Å². The lowest BCUT2D eigenvalue weighted by Crippen LogP contribution is -2.46. The first-order valence-electron chi connectivity index (χ1n) is 6.75. The summed E-state index contributed by atoms with van der Waals surface area (Å²) >= 11 is 5.82. The van der Waals surface area contributed by atoms with Gasteiger partial charge in [0.2, 0.25) is 0 Å². The van der Waals surface area contributed by atoms with Crippen LogP contribution in [0.25, 0.3) is 0 Å². The fourth-order valence-electron chi connectivity index (χ4n) is 3.09. The first-order valence-corrected chi connectivity index (χ1v) is 7.13. The number of hydrogen-bond donors (Lipinski definition) is 1. The molecule has 1 aliphatic carbocycles. The van der Waals surface area contributed by atoms with Crippen molar-refractivity contribution in [2.24, 2.45) is 11.7 Å². The molecule has 18 heavy (non-hydrogen) atoms. The Morgan fingerprint density at radius 2 is 2.28 bits per heavy atom. The fourth-order valence-corrected chi connectivity index (χ4v) is 3.29. The standard InChI is InChI=1S/C15H21ClFN/c1-2-11-4-3-7-15(18,9-11)10-12-5-6-14(17)13(16)8-12/h5-6,8,11H,2-4,7,9-10,18H2,1H3. The van der Waals surface area contributed by atoms with Gasteiger partial charge in [-0.2, -0.15) is 0 Å². The van der Waals surface area contributed by atoms with Crippen molar-refractivity contribution >= 4 is 11.6 Å². The topological polar surface area (TPSA) is 26.0 Å². The number of benzene rings is 1. The van der Waals surface area contributed by atoms with Crippen LogP contribution in [-0.4, -0.2) is 5.54 Å². The zero-order chi connectivity index (χ0) is 13.2. The molecule has 0 bridgehead atoms. The van der Waals surface area contributed by atoms with Gasteiger partial charge in [0.05, 0.1) is 5.02 Å². The molecule has 1 fully saturated rings. The van der Waals surface area contributed by atoms with Crippen molar-refractivity contribution in [3.8, 4) is 0 Å². The molecule has 0 radical (unpaired) electrons. The second-order valence-corrected chi connectivity index (χ2v) is 6.07. The fraction of sp³-hybridized carbons (Fsp3) is 0.600. The number of hydrogen-bond acceptors (Lipinski definition) is 1. The van der Waals surface area contributed by atoms with E-state index in [-0.39, 0.29) is 16.4 Å². The van der Waals surface area contributed by atoms with E-state index in [2.05, 4.69) is 6.92 Å². The van der Waals surface area contributed by atoms with E-state index in [0.29, 0.717) is 0 Å². The smallest absolute Gasteiger partial charge is 0.141 e. The summed E-state index contributed by atoms with van der Waals surface area (Å²) in [7, 11) is 0. The molecular weight excluding hydrogens is 249 g/mol. The highest BCUT2D eigenvalue weighted by molar-refractivity contribution is 6.30. The van der Waals surface area contributed by atoms with E-state index in [4.69, 9.17) is 17.3 Å². The van der Waals surface area contributed by atoms with E-state index in [1.165, 1.54) is 25.3 Å². The van der Waals surface area contributed by atoms with Crippen molar-refractivity contribution in [1.82, 2.24) is 0 Å². The average Bonchev–Trinajstić information content (AvgIpc) is 2.33. The lowest BCUT2D eigenvalue weighted by Gasteiger charge is -2.38. The van der Waals surface area contributed by atoms with Crippen molar-refractivity contribution in [1.29, 1.82) is 0 Å². The highest BCUT2D eigenvalue weighted by atomic mass is 35.5. The maximum absolute atomic E-state index is 13.1. The Hall–Kier alpha value is -0.600. The van der Waals surface area contributed by atoms with E-state index in [1.807, 2.05) is 0 Å². The van der Waals surface area contributed by atoms with Gasteiger partial charge in [-0.25, -0.2) is 4.39 Å². The van der Waals surface area contributed by atoms with Crippen molar-refractivity contribution in [2.45, 2.75) is 51.0 Å². The Morgan fingerprint density at radius 3 is 2.94 bits per heavy atom. The quantitative estimate of drug-likeness (QED) is 0.869. The average molecular weight is 270 g/mol. The van der Waals surface area contributed by atoms with Crippen LogP contribution in [0.2, 0.25) is 5.02 Å². The van der Waals surface area contributed by atoms with Crippen LogP contribution in [0.5, 0.6) is 0 Å². The minimum absolute atomic E-state index is 0.139. The molecule has 1 saturated carbocycles. The third kappa shape index (κ3) is 3.24. The highest BCUT2D eigenvalue weighted by Gasteiger charge is 2.32. The molecule has 1 aromatic carbocycles. The second kappa shape index (κ2) is 5.58. The molecule has 1 nitrogen and oxygen atoms in total. The van der Waals surface area contributed by atoms with E-state index in [9.17, 15) is 4.39 Å². The molecule has 2 atom stereocenters. The Bertz CT molecular complexity index is 421. The van der Waals surface area contributed by atoms with Crippen LogP contribution >= 0.6 is 11.6 Å². The lowest BCUT2D eigenvalue weighted by atomic mass is 9.72. The SMILES string of the molecule is CCC1CCCC(N)(Cc2ccc(F)c(Cl)c2)C1. The van der Waals surface area contributed by atoms with Gasteiger partial charge < -0.3 is 5.73 Å². The van der Waals surface area contributed by atoms with Gasteiger partial charge in [0.25, 0.3) is 0 Å². The lowest BCUT2D eigenvalue weighted by molar-refractivity contribution is 0.218. The van der Waals surface area contributed by atoms with Gasteiger partial charge in [-0.05, 0) is 42.9 Å². The van der Waals surface area contributed by atoms with E-state index < -0.39 is 0 Å². The molecule has 2 rings (SSSR count). The Balaban J connectivity index is 2.09. The monoisotopic (exact) mass is 269 g/mol. The summed E-state index contributed by atoms with van der Waals surface area (Å²) in [6.07, 6.45) is 6.60. The van der Waals surface area contributed by atoms with Crippen LogP contribution < -0.4 is 5.73 Å². The second-order valence-electron chi connectivity index (χ2n) is 5.66. The van der Waals surface area contributed by atoms with Gasteiger partial charge in [-0.15, -0.1) is 0 Å². The summed E-state index contributed by atoms with van der Waals surface area (Å²) in [5.74, 6) is 0.376. The van der Waals surface area contributed by atoms with E-state index >= 15 is 0 Å². The molecule has 3 heteroatoms. The van der Waals surface area contributed by atoms with Crippen LogP contribution in [-0.2, 0) is 6.42 Å². The molecule has 0 amide bonds. The number of halogens is 2. The third-order valence-electron chi connectivity index (χ3n) is 4.10. The van der Waals surface area contributed by atoms with Crippen molar-refractivity contribution in [3.05, 3.63) is 34.6 Å². The van der Waals surface area contributed by atoms with Crippen LogP contribution in [0.1, 0.15) is 44.6 Å². The number of rotatable bonds is 3. The molecule has 2 N–H and O–H groups in total. The minimum atomic E-state index is -0.360. The molecule has 0 saturated heterocycles. The first kappa shape index (κ1) is 13.8. The Labute approximate surface area is 114 Å². The minimum Gasteiger partial charge on any atom is -0.325 e. The van der Waals surface area contributed by atoms with Crippen molar-refractivity contribution < 1.29 is 4.39 Å². The summed E-state index contributed by atoms with van der Waals surface area (Å²) < 4.78 is 13.1. The summed E-state index contributed by atoms with van der Waals surface area (Å²) in [6.45, 7) is 2.23. The van der Waals surface area contributed by atoms with Gasteiger partial charge in [0.1, 0.15) is 5.82 Å². The summed E-state index contributed by atoms with van der Waals surface area (Å²) in [5.41, 5.74) is 7.41. The first-order chi connectivity index (χ1) is 8.52. The summed E-state index contributed by atoms with van der Waals surface area (Å²) in [5, 5.41) is 0.193. The zero-order valence-electron chi connectivity index (χ0n) is 10.9. The number of nitrogens with two attached hydrogens (primary N) is 1. The molecule has 100 valence electrons. The molecule has 0 aliphatic heterocycles. The van der Waals surface area contributed by atoms with Gasteiger partial charge in [0, 0.05) is 5.54 Å². The molecule has 0 heterocycles. The maximum atomic E-state index is 13.1. The molecule has 0 aromatic heterocycles.